The van der Waals surface area contributed by atoms with Gasteiger partial charge in [-0.05, 0) is 62.5 Å². The summed E-state index contributed by atoms with van der Waals surface area (Å²) in [4.78, 5) is 13.0. The van der Waals surface area contributed by atoms with Crippen LogP contribution in [0.1, 0.15) is 38.5 Å². The maximum atomic E-state index is 12.7. The lowest BCUT2D eigenvalue weighted by Crippen LogP contribution is -2.46. The number of carbonyl (C=O) groups excluding carboxylic acids is 1. The minimum absolute atomic E-state index is 0.0535. The Morgan fingerprint density at radius 3 is 2.04 bits per heavy atom. The summed E-state index contributed by atoms with van der Waals surface area (Å²) in [5.41, 5.74) is 0. The van der Waals surface area contributed by atoms with E-state index in [-0.39, 0.29) is 11.8 Å². The number of nitrogens with one attached hydrogen (secondary N) is 1. The normalized spacial score (nSPS) is 22.9. The molecule has 0 radical (unpaired) electrons. The fraction of sp³-hybridized carbons (Fsp3) is 0.632. The number of sulfonamides is 1. The van der Waals surface area contributed by atoms with Crippen LogP contribution in [0.15, 0.2) is 35.2 Å². The fourth-order valence-electron chi connectivity index (χ4n) is 3.91. The molecule has 0 unspecified atom stereocenters. The zero-order chi connectivity index (χ0) is 17.4. The summed E-state index contributed by atoms with van der Waals surface area (Å²) in [6.07, 6.45) is 6.20. The summed E-state index contributed by atoms with van der Waals surface area (Å²) in [7, 11) is -3.44. The van der Waals surface area contributed by atoms with Gasteiger partial charge in [0.05, 0.1) is 4.90 Å². The van der Waals surface area contributed by atoms with Crippen molar-refractivity contribution >= 4 is 15.9 Å². The van der Waals surface area contributed by atoms with Crippen molar-refractivity contribution in [1.82, 2.24) is 9.62 Å². The van der Waals surface area contributed by atoms with Crippen LogP contribution in [-0.2, 0) is 14.8 Å². The second-order valence-corrected chi connectivity index (χ2v) is 9.64. The number of benzene rings is 1. The monoisotopic (exact) mass is 362 g/mol. The summed E-state index contributed by atoms with van der Waals surface area (Å²) in [6, 6.07) is 8.92. The van der Waals surface area contributed by atoms with Gasteiger partial charge >= 0.3 is 0 Å². The minimum atomic E-state index is -3.44. The second kappa shape index (κ2) is 6.72. The first-order chi connectivity index (χ1) is 12.1. The van der Waals surface area contributed by atoms with Crippen molar-refractivity contribution < 1.29 is 13.2 Å². The molecule has 25 heavy (non-hydrogen) atoms. The van der Waals surface area contributed by atoms with E-state index in [0.29, 0.717) is 48.7 Å². The van der Waals surface area contributed by atoms with Crippen molar-refractivity contribution in [2.45, 2.75) is 49.5 Å². The van der Waals surface area contributed by atoms with E-state index in [1.54, 1.807) is 24.3 Å². The first kappa shape index (κ1) is 17.0. The third kappa shape index (κ3) is 3.75. The third-order valence-corrected chi connectivity index (χ3v) is 7.69. The van der Waals surface area contributed by atoms with Gasteiger partial charge in [0, 0.05) is 25.0 Å². The Balaban J connectivity index is 1.34. The number of rotatable bonds is 6. The molecule has 3 fully saturated rings. The highest BCUT2D eigenvalue weighted by molar-refractivity contribution is 7.89. The molecule has 2 saturated carbocycles. The maximum absolute atomic E-state index is 12.7. The quantitative estimate of drug-likeness (QED) is 0.845. The van der Waals surface area contributed by atoms with Gasteiger partial charge in [-0.25, -0.2) is 8.42 Å². The number of hydrogen-bond acceptors (Lipinski definition) is 3. The van der Waals surface area contributed by atoms with Crippen LogP contribution in [0.5, 0.6) is 0 Å². The van der Waals surface area contributed by atoms with Gasteiger partial charge in [0.15, 0.2) is 0 Å². The van der Waals surface area contributed by atoms with Crippen LogP contribution >= 0.6 is 0 Å². The lowest BCUT2D eigenvalue weighted by molar-refractivity contribution is -0.127. The van der Waals surface area contributed by atoms with E-state index in [2.05, 4.69) is 5.32 Å². The van der Waals surface area contributed by atoms with Gasteiger partial charge in [0.2, 0.25) is 15.9 Å². The Hall–Kier alpha value is -1.40. The van der Waals surface area contributed by atoms with E-state index in [1.165, 1.54) is 30.0 Å². The van der Waals surface area contributed by atoms with E-state index < -0.39 is 10.0 Å². The highest BCUT2D eigenvalue weighted by Crippen LogP contribution is 2.44. The van der Waals surface area contributed by atoms with Crippen molar-refractivity contribution in [3.8, 4) is 0 Å². The molecular weight excluding hydrogens is 336 g/mol. The van der Waals surface area contributed by atoms with Gasteiger partial charge in [-0.2, -0.15) is 4.31 Å². The third-order valence-electron chi connectivity index (χ3n) is 5.77. The highest BCUT2D eigenvalue weighted by Gasteiger charge is 2.43. The molecule has 1 aromatic carbocycles. The Morgan fingerprint density at radius 2 is 1.52 bits per heavy atom. The van der Waals surface area contributed by atoms with Crippen LogP contribution in [0, 0.1) is 17.8 Å². The topological polar surface area (TPSA) is 66.5 Å². The van der Waals surface area contributed by atoms with Crippen LogP contribution < -0.4 is 5.32 Å². The number of nitrogens with zero attached hydrogens (tertiary/aromatic N) is 1. The molecule has 1 N–H and O–H groups in total. The Kier molecular flexibility index (Phi) is 4.58. The standard InChI is InChI=1S/C19H26N2O3S/c22-19(20-18(14-6-7-14)15-8-9-15)16-10-12-21(13-11-16)25(23,24)17-4-2-1-3-5-17/h1-5,14-16,18H,6-13H2,(H,20,22). The molecular formula is C19H26N2O3S. The Bertz CT molecular complexity index is 706. The van der Waals surface area contributed by atoms with E-state index in [9.17, 15) is 13.2 Å². The molecule has 1 heterocycles. The van der Waals surface area contributed by atoms with E-state index in [1.807, 2.05) is 6.07 Å². The molecule has 0 bridgehead atoms. The number of amides is 1. The van der Waals surface area contributed by atoms with Crippen LogP contribution in [0.3, 0.4) is 0 Å². The van der Waals surface area contributed by atoms with Gasteiger partial charge in [-0.15, -0.1) is 0 Å². The van der Waals surface area contributed by atoms with Gasteiger partial charge in [0.1, 0.15) is 0 Å². The molecule has 3 aliphatic rings. The van der Waals surface area contributed by atoms with E-state index in [4.69, 9.17) is 0 Å². The summed E-state index contributed by atoms with van der Waals surface area (Å²) in [5.74, 6) is 1.47. The molecule has 6 heteroatoms. The number of carbonyl (C=O) groups is 1. The van der Waals surface area contributed by atoms with Crippen LogP contribution in [0.2, 0.25) is 0 Å². The molecule has 4 rings (SSSR count). The van der Waals surface area contributed by atoms with Gasteiger partial charge < -0.3 is 5.32 Å². The molecule has 0 spiro atoms. The summed E-state index contributed by atoms with van der Waals surface area (Å²) >= 11 is 0. The lowest BCUT2D eigenvalue weighted by atomic mass is 9.96. The van der Waals surface area contributed by atoms with Crippen LogP contribution in [0.4, 0.5) is 0 Å². The number of piperidine rings is 1. The van der Waals surface area contributed by atoms with Crippen LogP contribution in [-0.4, -0.2) is 37.8 Å². The molecule has 1 aromatic rings. The molecule has 2 aliphatic carbocycles. The summed E-state index contributed by atoms with van der Waals surface area (Å²) < 4.78 is 26.8. The Morgan fingerprint density at radius 1 is 0.960 bits per heavy atom. The lowest BCUT2D eigenvalue weighted by Gasteiger charge is -2.31. The maximum Gasteiger partial charge on any atom is 0.243 e. The van der Waals surface area contributed by atoms with Crippen molar-refractivity contribution in [2.24, 2.45) is 17.8 Å². The fourth-order valence-corrected chi connectivity index (χ4v) is 5.40. The molecule has 136 valence electrons. The predicted molar refractivity (Wildman–Crippen MR) is 95.3 cm³/mol. The van der Waals surface area contributed by atoms with Crippen molar-refractivity contribution in [1.29, 1.82) is 0 Å². The van der Waals surface area contributed by atoms with Gasteiger partial charge in [0.25, 0.3) is 0 Å². The predicted octanol–water partition coefficient (Wildman–Crippen LogP) is 2.39. The molecule has 1 saturated heterocycles. The largest absolute Gasteiger partial charge is 0.353 e. The van der Waals surface area contributed by atoms with Gasteiger partial charge in [-0.1, -0.05) is 18.2 Å². The average molecular weight is 362 g/mol. The van der Waals surface area contributed by atoms with Crippen molar-refractivity contribution in [3.63, 3.8) is 0 Å². The SMILES string of the molecule is O=C(NC(C1CC1)C1CC1)C1CCN(S(=O)(=O)c2ccccc2)CC1. The second-order valence-electron chi connectivity index (χ2n) is 7.70. The van der Waals surface area contributed by atoms with Crippen molar-refractivity contribution in [3.05, 3.63) is 30.3 Å². The summed E-state index contributed by atoms with van der Waals surface area (Å²) in [6.45, 7) is 0.847. The summed E-state index contributed by atoms with van der Waals surface area (Å²) in [5, 5.41) is 3.29. The highest BCUT2D eigenvalue weighted by atomic mass is 32.2. The molecule has 5 nitrogen and oxygen atoms in total. The molecule has 0 aromatic heterocycles. The minimum Gasteiger partial charge on any atom is -0.353 e. The van der Waals surface area contributed by atoms with Gasteiger partial charge in [-0.3, -0.25) is 4.79 Å². The molecule has 1 aliphatic heterocycles. The van der Waals surface area contributed by atoms with Crippen molar-refractivity contribution in [2.75, 3.05) is 13.1 Å². The molecule has 0 atom stereocenters. The smallest absolute Gasteiger partial charge is 0.243 e. The van der Waals surface area contributed by atoms with Crippen LogP contribution in [0.25, 0.3) is 0 Å². The average Bonchev–Trinajstić information content (AvgIpc) is 3.54. The van der Waals surface area contributed by atoms with E-state index >= 15 is 0 Å². The Labute approximate surface area is 149 Å². The van der Waals surface area contributed by atoms with E-state index in [0.717, 1.165) is 0 Å². The molecule has 1 amide bonds. The first-order valence-electron chi connectivity index (χ1n) is 9.41. The number of hydrogen-bond donors (Lipinski definition) is 1. The zero-order valence-corrected chi connectivity index (χ0v) is 15.2. The zero-order valence-electron chi connectivity index (χ0n) is 14.4. The first-order valence-corrected chi connectivity index (χ1v) is 10.9.